The molecule has 0 saturated carbocycles. The van der Waals surface area contributed by atoms with Crippen LogP contribution in [0.15, 0.2) is 24.3 Å². The van der Waals surface area contributed by atoms with Gasteiger partial charge in [0.1, 0.15) is 0 Å². The number of amides is 1. The summed E-state index contributed by atoms with van der Waals surface area (Å²) in [6.07, 6.45) is 1.24. The Labute approximate surface area is 120 Å². The molecule has 1 aromatic carbocycles. The molecule has 1 fully saturated rings. The van der Waals surface area contributed by atoms with Gasteiger partial charge in [0.2, 0.25) is 5.91 Å². The molecule has 110 valence electrons. The summed E-state index contributed by atoms with van der Waals surface area (Å²) in [5.41, 5.74) is 6.86. The highest BCUT2D eigenvalue weighted by atomic mass is 16.5. The summed E-state index contributed by atoms with van der Waals surface area (Å²) < 4.78 is 6.07. The summed E-state index contributed by atoms with van der Waals surface area (Å²) in [7, 11) is 0. The van der Waals surface area contributed by atoms with Crippen molar-refractivity contribution in [2.45, 2.75) is 57.8 Å². The van der Waals surface area contributed by atoms with Gasteiger partial charge in [-0.05, 0) is 51.8 Å². The summed E-state index contributed by atoms with van der Waals surface area (Å²) >= 11 is 0. The second-order valence-corrected chi connectivity index (χ2v) is 6.71. The molecule has 0 aliphatic carbocycles. The quantitative estimate of drug-likeness (QED) is 0.888. The number of nitrogens with two attached hydrogens (primary N) is 1. The van der Waals surface area contributed by atoms with E-state index in [4.69, 9.17) is 10.5 Å². The fourth-order valence-corrected chi connectivity index (χ4v) is 2.91. The van der Waals surface area contributed by atoms with E-state index < -0.39 is 0 Å². The van der Waals surface area contributed by atoms with Crippen LogP contribution in [-0.2, 0) is 16.0 Å². The monoisotopic (exact) mass is 276 g/mol. The van der Waals surface area contributed by atoms with Crippen molar-refractivity contribution in [1.82, 2.24) is 0 Å². The van der Waals surface area contributed by atoms with Gasteiger partial charge in [0, 0.05) is 5.69 Å². The summed E-state index contributed by atoms with van der Waals surface area (Å²) in [6.45, 7) is 8.46. The maximum Gasteiger partial charge on any atom is 0.221 e. The SMILES string of the molecule is CC1(C)CC(Nc2ccc(CC(N)=O)cc2)C(C)(C)O1. The number of rotatable bonds is 4. The third-order valence-corrected chi connectivity index (χ3v) is 3.75. The van der Waals surface area contributed by atoms with E-state index in [-0.39, 0.29) is 29.6 Å². The van der Waals surface area contributed by atoms with E-state index in [1.165, 1.54) is 0 Å². The molecule has 1 heterocycles. The number of carbonyl (C=O) groups excluding carboxylic acids is 1. The number of benzene rings is 1. The highest BCUT2D eigenvalue weighted by molar-refractivity contribution is 5.76. The van der Waals surface area contributed by atoms with Crippen LogP contribution in [-0.4, -0.2) is 23.2 Å². The van der Waals surface area contributed by atoms with Gasteiger partial charge in [0.25, 0.3) is 0 Å². The van der Waals surface area contributed by atoms with Gasteiger partial charge in [-0.15, -0.1) is 0 Å². The molecule has 0 bridgehead atoms. The molecule has 1 aliphatic heterocycles. The lowest BCUT2D eigenvalue weighted by Crippen LogP contribution is -2.38. The van der Waals surface area contributed by atoms with Crippen LogP contribution in [0.3, 0.4) is 0 Å². The topological polar surface area (TPSA) is 64.3 Å². The number of ether oxygens (including phenoxy) is 1. The van der Waals surface area contributed by atoms with Crippen LogP contribution < -0.4 is 11.1 Å². The van der Waals surface area contributed by atoms with Crippen molar-refractivity contribution in [3.8, 4) is 0 Å². The Morgan fingerprint density at radius 3 is 2.35 bits per heavy atom. The van der Waals surface area contributed by atoms with Crippen molar-refractivity contribution in [2.75, 3.05) is 5.32 Å². The highest BCUT2D eigenvalue weighted by Crippen LogP contribution is 2.38. The van der Waals surface area contributed by atoms with Gasteiger partial charge >= 0.3 is 0 Å². The summed E-state index contributed by atoms with van der Waals surface area (Å²) in [6, 6.07) is 8.10. The number of hydrogen-bond acceptors (Lipinski definition) is 3. The van der Waals surface area contributed by atoms with Crippen LogP contribution in [0, 0.1) is 0 Å². The van der Waals surface area contributed by atoms with Gasteiger partial charge in [-0.3, -0.25) is 4.79 Å². The fraction of sp³-hybridized carbons (Fsp3) is 0.562. The average Bonchev–Trinajstić information content (AvgIpc) is 2.48. The third kappa shape index (κ3) is 3.51. The molecule has 0 radical (unpaired) electrons. The first-order valence-corrected chi connectivity index (χ1v) is 7.02. The normalized spacial score (nSPS) is 23.5. The molecule has 1 aliphatic rings. The molecule has 1 aromatic rings. The zero-order valence-corrected chi connectivity index (χ0v) is 12.7. The minimum atomic E-state index is -0.308. The summed E-state index contributed by atoms with van der Waals surface area (Å²) in [5, 5.41) is 3.53. The van der Waals surface area contributed by atoms with Gasteiger partial charge in [-0.25, -0.2) is 0 Å². The zero-order valence-electron chi connectivity index (χ0n) is 12.7. The van der Waals surface area contributed by atoms with Crippen molar-refractivity contribution in [1.29, 1.82) is 0 Å². The first kappa shape index (κ1) is 14.9. The molecule has 1 amide bonds. The molecule has 2 rings (SSSR count). The minimum absolute atomic E-state index is 0.104. The molecule has 1 atom stereocenters. The lowest BCUT2D eigenvalue weighted by molar-refractivity contribution is -0.117. The molecular formula is C16H24N2O2. The number of anilines is 1. The fourth-order valence-electron chi connectivity index (χ4n) is 2.91. The molecule has 4 nitrogen and oxygen atoms in total. The Morgan fingerprint density at radius 1 is 1.30 bits per heavy atom. The van der Waals surface area contributed by atoms with Crippen molar-refractivity contribution < 1.29 is 9.53 Å². The van der Waals surface area contributed by atoms with E-state index in [0.29, 0.717) is 0 Å². The van der Waals surface area contributed by atoms with Crippen molar-refractivity contribution in [2.24, 2.45) is 5.73 Å². The molecule has 0 aromatic heterocycles. The lowest BCUT2D eigenvalue weighted by atomic mass is 9.94. The third-order valence-electron chi connectivity index (χ3n) is 3.75. The van der Waals surface area contributed by atoms with Gasteiger partial charge in [0.05, 0.1) is 23.7 Å². The van der Waals surface area contributed by atoms with Crippen LogP contribution in [0.4, 0.5) is 5.69 Å². The second-order valence-electron chi connectivity index (χ2n) is 6.71. The smallest absolute Gasteiger partial charge is 0.221 e. The van der Waals surface area contributed by atoms with Crippen molar-refractivity contribution in [3.05, 3.63) is 29.8 Å². The average molecular weight is 276 g/mol. The van der Waals surface area contributed by atoms with Gasteiger partial charge in [-0.2, -0.15) is 0 Å². The summed E-state index contributed by atoms with van der Waals surface area (Å²) in [5.74, 6) is -0.308. The van der Waals surface area contributed by atoms with E-state index in [1.54, 1.807) is 0 Å². The Balaban J connectivity index is 2.05. The lowest BCUT2D eigenvalue weighted by Gasteiger charge is -2.28. The second kappa shape index (κ2) is 5.09. The van der Waals surface area contributed by atoms with Gasteiger partial charge < -0.3 is 15.8 Å². The Morgan fingerprint density at radius 2 is 1.90 bits per heavy atom. The first-order valence-electron chi connectivity index (χ1n) is 7.02. The number of nitrogens with one attached hydrogen (secondary N) is 1. The van der Waals surface area contributed by atoms with E-state index >= 15 is 0 Å². The van der Waals surface area contributed by atoms with E-state index in [0.717, 1.165) is 17.7 Å². The van der Waals surface area contributed by atoms with Crippen molar-refractivity contribution >= 4 is 11.6 Å². The van der Waals surface area contributed by atoms with E-state index in [9.17, 15) is 4.79 Å². The largest absolute Gasteiger partial charge is 0.379 e. The standard InChI is InChI=1S/C16H24N2O2/c1-15(2)10-13(16(3,4)20-15)18-12-7-5-11(6-8-12)9-14(17)19/h5-8,13,18H,9-10H2,1-4H3,(H2,17,19). The molecule has 1 unspecified atom stereocenters. The maximum atomic E-state index is 10.9. The van der Waals surface area contributed by atoms with E-state index in [1.807, 2.05) is 24.3 Å². The van der Waals surface area contributed by atoms with Crippen LogP contribution in [0.2, 0.25) is 0 Å². The molecule has 20 heavy (non-hydrogen) atoms. The van der Waals surface area contributed by atoms with Crippen LogP contribution in [0.5, 0.6) is 0 Å². The van der Waals surface area contributed by atoms with E-state index in [2.05, 4.69) is 33.0 Å². The molecule has 4 heteroatoms. The van der Waals surface area contributed by atoms with Gasteiger partial charge in [0.15, 0.2) is 0 Å². The Kier molecular flexibility index (Phi) is 3.78. The Hall–Kier alpha value is -1.55. The number of primary amides is 1. The van der Waals surface area contributed by atoms with Crippen LogP contribution >= 0.6 is 0 Å². The molecule has 0 spiro atoms. The molecular weight excluding hydrogens is 252 g/mol. The van der Waals surface area contributed by atoms with Crippen molar-refractivity contribution in [3.63, 3.8) is 0 Å². The Bertz CT molecular complexity index is 492. The predicted octanol–water partition coefficient (Wildman–Crippen LogP) is 2.47. The highest BCUT2D eigenvalue weighted by Gasteiger charge is 2.45. The summed E-state index contributed by atoms with van der Waals surface area (Å²) in [4.78, 5) is 10.9. The number of carbonyl (C=O) groups is 1. The molecule has 1 saturated heterocycles. The maximum absolute atomic E-state index is 10.9. The van der Waals surface area contributed by atoms with Crippen LogP contribution in [0.25, 0.3) is 0 Å². The zero-order chi connectivity index (χ0) is 15.0. The van der Waals surface area contributed by atoms with Gasteiger partial charge in [-0.1, -0.05) is 12.1 Å². The predicted molar refractivity (Wildman–Crippen MR) is 80.6 cm³/mol. The van der Waals surface area contributed by atoms with Crippen LogP contribution in [0.1, 0.15) is 39.7 Å². The minimum Gasteiger partial charge on any atom is -0.379 e. The number of hydrogen-bond donors (Lipinski definition) is 2. The molecule has 3 N–H and O–H groups in total. The first-order chi connectivity index (χ1) is 9.18.